The van der Waals surface area contributed by atoms with Crippen LogP contribution < -0.4 is 10.5 Å². The highest BCUT2D eigenvalue weighted by atomic mass is 19.4. The second-order valence-corrected chi connectivity index (χ2v) is 8.16. The Hall–Kier alpha value is -3.24. The van der Waals surface area contributed by atoms with Crippen molar-refractivity contribution in [1.82, 2.24) is 24.5 Å². The molecule has 0 aliphatic carbocycles. The summed E-state index contributed by atoms with van der Waals surface area (Å²) in [5.74, 6) is 0.993. The summed E-state index contributed by atoms with van der Waals surface area (Å²) in [5, 5.41) is 9.24. The van der Waals surface area contributed by atoms with Gasteiger partial charge in [0.05, 0.1) is 6.61 Å². The second kappa shape index (κ2) is 9.19. The number of pyridine rings is 2. The first-order valence-electron chi connectivity index (χ1n) is 10.8. The Morgan fingerprint density at radius 3 is 2.68 bits per heavy atom. The van der Waals surface area contributed by atoms with Gasteiger partial charge in [-0.05, 0) is 37.1 Å². The molecule has 2 N–H and O–H groups in total. The summed E-state index contributed by atoms with van der Waals surface area (Å²) >= 11 is 0. The van der Waals surface area contributed by atoms with Gasteiger partial charge < -0.3 is 10.5 Å². The molecular formula is C24H27F3N6O. The predicted octanol–water partition coefficient (Wildman–Crippen LogP) is 4.62. The van der Waals surface area contributed by atoms with E-state index >= 15 is 0 Å². The highest BCUT2D eigenvalue weighted by Crippen LogP contribution is 2.39. The van der Waals surface area contributed by atoms with Gasteiger partial charge in [-0.15, -0.1) is 10.2 Å². The number of alkyl halides is 3. The quantitative estimate of drug-likeness (QED) is 0.457. The maximum absolute atomic E-state index is 14.1. The fraction of sp³-hybridized carbons (Fsp3) is 0.375. The highest BCUT2D eigenvalue weighted by molar-refractivity contribution is 5.86. The minimum absolute atomic E-state index is 0. The van der Waals surface area contributed by atoms with Crippen LogP contribution in [-0.4, -0.2) is 56.4 Å². The van der Waals surface area contributed by atoms with Crippen molar-refractivity contribution in [1.29, 1.82) is 0 Å². The third-order valence-electron chi connectivity index (χ3n) is 5.88. The summed E-state index contributed by atoms with van der Waals surface area (Å²) < 4.78 is 49.5. The standard InChI is InChI=1S/C23H23F3N6O.CH4/c1-2-33-18-5-3-4-14-6-8-17(28-20(14)18)22-30-29-19-9-7-15(12-32(19)22)21(23(24,25)26)31-11-10-16(27)13-31;/h3-9,12,16,21H,2,10-11,13,27H2,1H3;1H4/t16-,21+;/m0./s1. The molecule has 1 saturated heterocycles. The van der Waals surface area contributed by atoms with Crippen LogP contribution in [0.5, 0.6) is 5.75 Å². The summed E-state index contributed by atoms with van der Waals surface area (Å²) in [4.78, 5) is 6.09. The number of halogens is 3. The monoisotopic (exact) mass is 472 g/mol. The van der Waals surface area contributed by atoms with E-state index in [0.717, 1.165) is 5.39 Å². The lowest BCUT2D eigenvalue weighted by Gasteiger charge is -2.30. The summed E-state index contributed by atoms with van der Waals surface area (Å²) in [6.07, 6.45) is -2.46. The zero-order valence-corrected chi connectivity index (χ0v) is 18.0. The van der Waals surface area contributed by atoms with Crippen molar-refractivity contribution in [2.24, 2.45) is 5.73 Å². The van der Waals surface area contributed by atoms with E-state index in [1.807, 2.05) is 31.2 Å². The summed E-state index contributed by atoms with van der Waals surface area (Å²) in [6.45, 7) is 2.87. The molecule has 5 rings (SSSR count). The lowest BCUT2D eigenvalue weighted by molar-refractivity contribution is -0.183. The van der Waals surface area contributed by atoms with Crippen LogP contribution in [0.4, 0.5) is 13.2 Å². The number of ether oxygens (including phenoxy) is 1. The summed E-state index contributed by atoms with van der Waals surface area (Å²) in [6, 6.07) is 10.3. The molecule has 10 heteroatoms. The maximum atomic E-state index is 14.1. The Labute approximate surface area is 195 Å². The first kappa shape index (κ1) is 23.9. The molecule has 34 heavy (non-hydrogen) atoms. The molecule has 0 spiro atoms. The lowest BCUT2D eigenvalue weighted by atomic mass is 10.1. The molecule has 1 aliphatic rings. The van der Waals surface area contributed by atoms with Crippen molar-refractivity contribution < 1.29 is 17.9 Å². The number of aromatic nitrogens is 4. The van der Waals surface area contributed by atoms with Gasteiger partial charge in [-0.1, -0.05) is 31.7 Å². The zero-order chi connectivity index (χ0) is 23.2. The van der Waals surface area contributed by atoms with E-state index in [4.69, 9.17) is 15.5 Å². The van der Waals surface area contributed by atoms with E-state index in [9.17, 15) is 13.2 Å². The van der Waals surface area contributed by atoms with Crippen molar-refractivity contribution >= 4 is 16.6 Å². The first-order valence-corrected chi connectivity index (χ1v) is 10.8. The van der Waals surface area contributed by atoms with E-state index in [-0.39, 0.29) is 25.6 Å². The predicted molar refractivity (Wildman–Crippen MR) is 125 cm³/mol. The fourth-order valence-corrected chi connectivity index (χ4v) is 4.42. The molecular weight excluding hydrogens is 445 g/mol. The molecule has 3 aromatic heterocycles. The van der Waals surface area contributed by atoms with Gasteiger partial charge in [0.1, 0.15) is 23.0 Å². The second-order valence-electron chi connectivity index (χ2n) is 8.16. The number of rotatable bonds is 5. The van der Waals surface area contributed by atoms with Crippen molar-refractivity contribution in [2.45, 2.75) is 39.0 Å². The normalized spacial score (nSPS) is 17.7. The Bertz CT molecular complexity index is 1310. The third kappa shape index (κ3) is 4.30. The molecule has 4 heterocycles. The van der Waals surface area contributed by atoms with Gasteiger partial charge >= 0.3 is 6.18 Å². The number of benzene rings is 1. The lowest BCUT2D eigenvalue weighted by Crippen LogP contribution is -2.38. The number of likely N-dealkylation sites (tertiary alicyclic amines) is 1. The molecule has 180 valence electrons. The van der Waals surface area contributed by atoms with Crippen LogP contribution in [0.15, 0.2) is 48.7 Å². The number of para-hydroxylation sites is 1. The van der Waals surface area contributed by atoms with Crippen LogP contribution in [0, 0.1) is 0 Å². The van der Waals surface area contributed by atoms with Crippen LogP contribution >= 0.6 is 0 Å². The average molecular weight is 473 g/mol. The van der Waals surface area contributed by atoms with Crippen LogP contribution in [0.2, 0.25) is 0 Å². The molecule has 0 bridgehead atoms. The van der Waals surface area contributed by atoms with Gasteiger partial charge in [0.25, 0.3) is 0 Å². The van der Waals surface area contributed by atoms with Gasteiger partial charge in [0.2, 0.25) is 0 Å². The number of fused-ring (bicyclic) bond motifs is 2. The minimum atomic E-state index is -4.44. The van der Waals surface area contributed by atoms with Gasteiger partial charge in [0, 0.05) is 30.7 Å². The van der Waals surface area contributed by atoms with Crippen LogP contribution in [0.3, 0.4) is 0 Å². The zero-order valence-electron chi connectivity index (χ0n) is 18.0. The van der Waals surface area contributed by atoms with Crippen molar-refractivity contribution in [3.05, 3.63) is 54.2 Å². The summed E-state index contributed by atoms with van der Waals surface area (Å²) in [5.41, 5.74) is 7.58. The highest BCUT2D eigenvalue weighted by Gasteiger charge is 2.46. The van der Waals surface area contributed by atoms with Gasteiger partial charge in [0.15, 0.2) is 11.5 Å². The molecule has 7 nitrogen and oxygen atoms in total. The molecule has 0 saturated carbocycles. The van der Waals surface area contributed by atoms with E-state index in [1.54, 1.807) is 16.5 Å². The van der Waals surface area contributed by atoms with Crippen molar-refractivity contribution in [3.63, 3.8) is 0 Å². The van der Waals surface area contributed by atoms with Crippen molar-refractivity contribution in [2.75, 3.05) is 19.7 Å². The number of hydrogen-bond acceptors (Lipinski definition) is 6. The van der Waals surface area contributed by atoms with Gasteiger partial charge in [-0.25, -0.2) is 4.98 Å². The Morgan fingerprint density at radius 1 is 1.15 bits per heavy atom. The topological polar surface area (TPSA) is 81.6 Å². The van der Waals surface area contributed by atoms with Crippen LogP contribution in [0.1, 0.15) is 32.4 Å². The maximum Gasteiger partial charge on any atom is 0.408 e. The smallest absolute Gasteiger partial charge is 0.408 e. The largest absolute Gasteiger partial charge is 0.492 e. The molecule has 1 aromatic carbocycles. The summed E-state index contributed by atoms with van der Waals surface area (Å²) in [7, 11) is 0. The Balaban J connectivity index is 0.00000274. The van der Waals surface area contributed by atoms with Crippen LogP contribution in [-0.2, 0) is 0 Å². The number of hydrogen-bond donors (Lipinski definition) is 1. The van der Waals surface area contributed by atoms with E-state index in [0.29, 0.717) is 48.0 Å². The van der Waals surface area contributed by atoms with Gasteiger partial charge in [-0.2, -0.15) is 13.2 Å². The van der Waals surface area contributed by atoms with Gasteiger partial charge in [-0.3, -0.25) is 9.30 Å². The molecule has 0 unspecified atom stereocenters. The van der Waals surface area contributed by atoms with Crippen LogP contribution in [0.25, 0.3) is 28.1 Å². The van der Waals surface area contributed by atoms with E-state index < -0.39 is 12.2 Å². The molecule has 1 aliphatic heterocycles. The SMILES string of the molecule is C.CCOc1cccc2ccc(-c3nnc4ccc([C@@H](N5CC[C@H](N)C5)C(F)(F)F)cn34)nc12. The number of nitrogens with zero attached hydrogens (tertiary/aromatic N) is 5. The average Bonchev–Trinajstić information content (AvgIpc) is 3.39. The number of nitrogens with two attached hydrogens (primary N) is 1. The van der Waals surface area contributed by atoms with E-state index in [2.05, 4.69) is 10.2 Å². The molecule has 0 amide bonds. The Kier molecular flexibility index (Phi) is 6.46. The molecule has 4 aromatic rings. The molecule has 2 atom stereocenters. The first-order chi connectivity index (χ1) is 15.8. The molecule has 0 radical (unpaired) electrons. The minimum Gasteiger partial charge on any atom is -0.492 e. The third-order valence-corrected chi connectivity index (χ3v) is 5.88. The fourth-order valence-electron chi connectivity index (χ4n) is 4.42. The Morgan fingerprint density at radius 2 is 1.97 bits per heavy atom. The molecule has 1 fully saturated rings. The van der Waals surface area contributed by atoms with Crippen molar-refractivity contribution in [3.8, 4) is 17.3 Å². The van der Waals surface area contributed by atoms with E-state index in [1.165, 1.54) is 17.2 Å².